The zero-order valence-electron chi connectivity index (χ0n) is 21.4. The zero-order chi connectivity index (χ0) is 21.4. The largest absolute Gasteiger partial charge is 0.0654 e. The minimum atomic E-state index is 0.906. The molecular weight excluding hydrogens is 336 g/mol. The van der Waals surface area contributed by atoms with Gasteiger partial charge >= 0.3 is 0 Å². The Morgan fingerprint density at radius 3 is 1.14 bits per heavy atom. The summed E-state index contributed by atoms with van der Waals surface area (Å²) in [6, 6.07) is 0. The summed E-state index contributed by atoms with van der Waals surface area (Å²) in [5.41, 5.74) is 0. The zero-order valence-corrected chi connectivity index (χ0v) is 21.4. The third-order valence-corrected chi connectivity index (χ3v) is 6.94. The maximum atomic E-state index is 2.50. The highest BCUT2D eigenvalue weighted by Crippen LogP contribution is 2.28. The molecule has 0 rings (SSSR count). The molecule has 6 atom stereocenters. The number of hydrogen-bond acceptors (Lipinski definition) is 0. The minimum absolute atomic E-state index is 0.906. The molecule has 0 aromatic heterocycles. The molecule has 0 spiro atoms. The van der Waals surface area contributed by atoms with Crippen molar-refractivity contribution in [2.45, 2.75) is 145 Å². The first-order chi connectivity index (χ1) is 13.3. The predicted octanol–water partition coefficient (Wildman–Crippen LogP) is 10.3. The van der Waals surface area contributed by atoms with Gasteiger partial charge in [0.05, 0.1) is 0 Å². The molecule has 0 saturated heterocycles. The highest BCUT2D eigenvalue weighted by molar-refractivity contribution is 4.67. The van der Waals surface area contributed by atoms with E-state index < -0.39 is 0 Å². The van der Waals surface area contributed by atoms with E-state index in [2.05, 4.69) is 55.4 Å². The van der Waals surface area contributed by atoms with Crippen molar-refractivity contribution in [3.63, 3.8) is 0 Å². The van der Waals surface area contributed by atoms with Crippen molar-refractivity contribution in [2.24, 2.45) is 35.5 Å². The highest BCUT2D eigenvalue weighted by atomic mass is 14.2. The van der Waals surface area contributed by atoms with Crippen LogP contribution in [0, 0.1) is 35.5 Å². The van der Waals surface area contributed by atoms with Crippen molar-refractivity contribution in [1.29, 1.82) is 0 Å². The second kappa shape index (κ2) is 17.8. The van der Waals surface area contributed by atoms with Crippen LogP contribution in [0.1, 0.15) is 145 Å². The van der Waals surface area contributed by atoms with E-state index in [4.69, 9.17) is 0 Å². The quantitative estimate of drug-likeness (QED) is 0.191. The SMILES string of the molecule is CCCC[C@H](C)C[C@H](C)CCCCC[C@H](C)C[C@H](C)C[C@H](C)C[C@H](C)CCC. The van der Waals surface area contributed by atoms with Gasteiger partial charge in [0.15, 0.2) is 0 Å². The molecule has 0 aliphatic rings. The normalized spacial score (nSPS) is 18.4. The van der Waals surface area contributed by atoms with Crippen molar-refractivity contribution in [2.75, 3.05) is 0 Å². The predicted molar refractivity (Wildman–Crippen MR) is 131 cm³/mol. The van der Waals surface area contributed by atoms with E-state index in [0.29, 0.717) is 0 Å². The van der Waals surface area contributed by atoms with E-state index in [1.165, 1.54) is 89.9 Å². The van der Waals surface area contributed by atoms with Crippen LogP contribution in [-0.2, 0) is 0 Å². The Hall–Kier alpha value is 0. The van der Waals surface area contributed by atoms with E-state index in [1.54, 1.807) is 0 Å². The molecule has 170 valence electrons. The molecule has 0 nitrogen and oxygen atoms in total. The van der Waals surface area contributed by atoms with Crippen molar-refractivity contribution < 1.29 is 0 Å². The second-order valence-electron chi connectivity index (χ2n) is 11.1. The molecular formula is C28H58. The first-order valence-corrected chi connectivity index (χ1v) is 13.3. The van der Waals surface area contributed by atoms with Crippen LogP contribution in [0.4, 0.5) is 0 Å². The van der Waals surface area contributed by atoms with Gasteiger partial charge in [-0.25, -0.2) is 0 Å². The minimum Gasteiger partial charge on any atom is -0.0654 e. The van der Waals surface area contributed by atoms with Gasteiger partial charge in [0, 0.05) is 0 Å². The van der Waals surface area contributed by atoms with E-state index in [9.17, 15) is 0 Å². The molecule has 0 aromatic rings. The average Bonchev–Trinajstić information content (AvgIpc) is 2.59. The van der Waals surface area contributed by atoms with Gasteiger partial charge < -0.3 is 0 Å². The van der Waals surface area contributed by atoms with Gasteiger partial charge in [-0.1, -0.05) is 120 Å². The molecule has 0 aliphatic carbocycles. The van der Waals surface area contributed by atoms with Gasteiger partial charge in [0.25, 0.3) is 0 Å². The highest BCUT2D eigenvalue weighted by Gasteiger charge is 2.15. The molecule has 0 amide bonds. The summed E-state index contributed by atoms with van der Waals surface area (Å²) in [6.07, 6.45) is 20.0. The molecule has 0 bridgehead atoms. The molecule has 0 saturated carbocycles. The molecule has 0 fully saturated rings. The Morgan fingerprint density at radius 1 is 0.357 bits per heavy atom. The van der Waals surface area contributed by atoms with Gasteiger partial charge in [-0.15, -0.1) is 0 Å². The number of hydrogen-bond donors (Lipinski definition) is 0. The number of unbranched alkanes of at least 4 members (excludes halogenated alkanes) is 3. The number of rotatable bonds is 19. The topological polar surface area (TPSA) is 0 Å². The van der Waals surface area contributed by atoms with E-state index in [-0.39, 0.29) is 0 Å². The molecule has 0 unspecified atom stereocenters. The van der Waals surface area contributed by atoms with Gasteiger partial charge in [0.1, 0.15) is 0 Å². The van der Waals surface area contributed by atoms with Gasteiger partial charge in [0.2, 0.25) is 0 Å². The molecule has 28 heavy (non-hydrogen) atoms. The van der Waals surface area contributed by atoms with Crippen LogP contribution in [-0.4, -0.2) is 0 Å². The Bertz CT molecular complexity index is 320. The van der Waals surface area contributed by atoms with Gasteiger partial charge in [-0.3, -0.25) is 0 Å². The van der Waals surface area contributed by atoms with Crippen molar-refractivity contribution in [1.82, 2.24) is 0 Å². The van der Waals surface area contributed by atoms with Crippen LogP contribution in [0.5, 0.6) is 0 Å². The molecule has 0 aliphatic heterocycles. The molecule has 0 heteroatoms. The van der Waals surface area contributed by atoms with Crippen molar-refractivity contribution in [3.05, 3.63) is 0 Å². The standard InChI is InChI=1S/C28H58/c1-9-11-16-24(4)19-25(5)17-13-12-14-18-26(6)21-28(8)22-27(7)20-23(3)15-10-2/h23-28H,9-22H2,1-8H3/t23-,24+,25-,26+,27-,28+/m1/s1. The van der Waals surface area contributed by atoms with Crippen LogP contribution < -0.4 is 0 Å². The van der Waals surface area contributed by atoms with Crippen molar-refractivity contribution >= 4 is 0 Å². The van der Waals surface area contributed by atoms with Crippen LogP contribution in [0.2, 0.25) is 0 Å². The Labute approximate surface area is 181 Å². The van der Waals surface area contributed by atoms with Gasteiger partial charge in [-0.05, 0) is 61.2 Å². The third-order valence-electron chi connectivity index (χ3n) is 6.94. The lowest BCUT2D eigenvalue weighted by atomic mass is 9.83. The summed E-state index contributed by atoms with van der Waals surface area (Å²) < 4.78 is 0. The van der Waals surface area contributed by atoms with Crippen molar-refractivity contribution in [3.8, 4) is 0 Å². The maximum absolute atomic E-state index is 2.50. The lowest BCUT2D eigenvalue weighted by Gasteiger charge is -2.23. The Morgan fingerprint density at radius 2 is 0.714 bits per heavy atom. The van der Waals surface area contributed by atoms with E-state index >= 15 is 0 Å². The molecule has 0 N–H and O–H groups in total. The van der Waals surface area contributed by atoms with Crippen LogP contribution >= 0.6 is 0 Å². The molecule has 0 heterocycles. The Balaban J connectivity index is 3.73. The Kier molecular flexibility index (Phi) is 17.8. The average molecular weight is 395 g/mol. The molecule has 0 aromatic carbocycles. The summed E-state index contributed by atoms with van der Waals surface area (Å²) in [4.78, 5) is 0. The lowest BCUT2D eigenvalue weighted by molar-refractivity contribution is 0.292. The first-order valence-electron chi connectivity index (χ1n) is 13.3. The summed E-state index contributed by atoms with van der Waals surface area (Å²) >= 11 is 0. The van der Waals surface area contributed by atoms with Crippen LogP contribution in [0.3, 0.4) is 0 Å². The summed E-state index contributed by atoms with van der Waals surface area (Å²) in [5, 5.41) is 0. The summed E-state index contributed by atoms with van der Waals surface area (Å²) in [7, 11) is 0. The van der Waals surface area contributed by atoms with Crippen LogP contribution in [0.15, 0.2) is 0 Å². The van der Waals surface area contributed by atoms with E-state index in [0.717, 1.165) is 35.5 Å². The van der Waals surface area contributed by atoms with Crippen LogP contribution in [0.25, 0.3) is 0 Å². The third kappa shape index (κ3) is 16.9. The summed E-state index contributed by atoms with van der Waals surface area (Å²) in [5.74, 6) is 5.52. The molecule has 0 radical (unpaired) electrons. The maximum Gasteiger partial charge on any atom is -0.0438 e. The lowest BCUT2D eigenvalue weighted by Crippen LogP contribution is -2.10. The second-order valence-corrected chi connectivity index (χ2v) is 11.1. The fourth-order valence-electron chi connectivity index (χ4n) is 5.62. The monoisotopic (exact) mass is 394 g/mol. The first kappa shape index (κ1) is 28.0. The smallest absolute Gasteiger partial charge is 0.0438 e. The fraction of sp³-hybridized carbons (Fsp3) is 1.00. The van der Waals surface area contributed by atoms with Gasteiger partial charge in [-0.2, -0.15) is 0 Å². The van der Waals surface area contributed by atoms with E-state index in [1.807, 2.05) is 0 Å². The fourth-order valence-corrected chi connectivity index (χ4v) is 5.62. The summed E-state index contributed by atoms with van der Waals surface area (Å²) in [6.45, 7) is 19.5.